The van der Waals surface area contributed by atoms with Gasteiger partial charge in [-0.05, 0) is 25.1 Å². The number of carbonyl (C=O) groups is 1. The van der Waals surface area contributed by atoms with Crippen molar-refractivity contribution >= 4 is 39.3 Å². The summed E-state index contributed by atoms with van der Waals surface area (Å²) in [4.78, 5) is 11.8. The molecule has 0 radical (unpaired) electrons. The van der Waals surface area contributed by atoms with Gasteiger partial charge < -0.3 is 16.3 Å². The van der Waals surface area contributed by atoms with Crippen molar-refractivity contribution in [3.8, 4) is 0 Å². The lowest BCUT2D eigenvalue weighted by molar-refractivity contribution is 0.0948. The average Bonchev–Trinajstić information content (AvgIpc) is 2.26. The molecule has 4 N–H and O–H groups in total. The molecule has 1 atom stereocenters. The Morgan fingerprint density at radius 2 is 2.24 bits per heavy atom. The van der Waals surface area contributed by atoms with Gasteiger partial charge in [-0.2, -0.15) is 0 Å². The standard InChI is InChI=1S/C10H11BrClN3O2/c1-5(9(13)15-17)14-10(16)6-2-7(11)4-8(12)3-6/h2-5,17H,1H3,(H2,13,15)(H,14,16). The van der Waals surface area contributed by atoms with Gasteiger partial charge in [-0.25, -0.2) is 0 Å². The van der Waals surface area contributed by atoms with E-state index < -0.39 is 6.04 Å². The highest BCUT2D eigenvalue weighted by molar-refractivity contribution is 9.10. The number of nitrogens with zero attached hydrogens (tertiary/aromatic N) is 1. The number of hydrogen-bond donors (Lipinski definition) is 3. The third-order valence-electron chi connectivity index (χ3n) is 2.03. The summed E-state index contributed by atoms with van der Waals surface area (Å²) in [6, 6.07) is 4.26. The minimum absolute atomic E-state index is 0.0700. The summed E-state index contributed by atoms with van der Waals surface area (Å²) < 4.78 is 0.701. The number of rotatable bonds is 3. The second-order valence-corrected chi connectivity index (χ2v) is 4.73. The normalized spacial score (nSPS) is 13.2. The molecule has 0 aliphatic heterocycles. The number of benzene rings is 1. The number of nitrogens with one attached hydrogen (secondary N) is 1. The van der Waals surface area contributed by atoms with E-state index in [4.69, 9.17) is 22.5 Å². The summed E-state index contributed by atoms with van der Waals surface area (Å²) in [7, 11) is 0. The van der Waals surface area contributed by atoms with Gasteiger partial charge in [0.2, 0.25) is 0 Å². The maximum absolute atomic E-state index is 11.8. The van der Waals surface area contributed by atoms with E-state index in [-0.39, 0.29) is 11.7 Å². The second-order valence-electron chi connectivity index (χ2n) is 3.38. The summed E-state index contributed by atoms with van der Waals surface area (Å²) in [5, 5.41) is 14.3. The zero-order valence-electron chi connectivity index (χ0n) is 8.95. The molecule has 0 bridgehead atoms. The van der Waals surface area contributed by atoms with Gasteiger partial charge in [0.1, 0.15) is 0 Å². The number of hydrogen-bond acceptors (Lipinski definition) is 3. The van der Waals surface area contributed by atoms with Gasteiger partial charge in [0, 0.05) is 15.1 Å². The van der Waals surface area contributed by atoms with E-state index in [1.54, 1.807) is 19.1 Å². The molecule has 17 heavy (non-hydrogen) atoms. The Bertz CT molecular complexity index is 445. The highest BCUT2D eigenvalue weighted by atomic mass is 79.9. The summed E-state index contributed by atoms with van der Waals surface area (Å²) in [5.41, 5.74) is 5.74. The van der Waals surface area contributed by atoms with Gasteiger partial charge in [-0.3, -0.25) is 4.79 Å². The third kappa shape index (κ3) is 3.90. The van der Waals surface area contributed by atoms with Gasteiger partial charge >= 0.3 is 0 Å². The molecule has 1 amide bonds. The van der Waals surface area contributed by atoms with Crippen molar-refractivity contribution in [1.82, 2.24) is 5.32 Å². The fourth-order valence-electron chi connectivity index (χ4n) is 1.13. The van der Waals surface area contributed by atoms with Crippen LogP contribution in [0, 0.1) is 0 Å². The Morgan fingerprint density at radius 1 is 1.59 bits per heavy atom. The Kier molecular flexibility index (Phi) is 4.77. The van der Waals surface area contributed by atoms with Crippen molar-refractivity contribution in [1.29, 1.82) is 0 Å². The molecular weight excluding hydrogens is 309 g/mol. The molecule has 7 heteroatoms. The number of carbonyl (C=O) groups excluding carboxylic acids is 1. The first-order valence-corrected chi connectivity index (χ1v) is 5.85. The van der Waals surface area contributed by atoms with E-state index in [1.165, 1.54) is 6.07 Å². The number of amides is 1. The van der Waals surface area contributed by atoms with Crippen molar-refractivity contribution in [2.24, 2.45) is 10.9 Å². The molecule has 1 rings (SSSR count). The highest BCUT2D eigenvalue weighted by Gasteiger charge is 2.13. The van der Waals surface area contributed by atoms with Crippen LogP contribution in [0.5, 0.6) is 0 Å². The summed E-state index contributed by atoms with van der Waals surface area (Å²) in [6.45, 7) is 1.60. The largest absolute Gasteiger partial charge is 0.409 e. The SMILES string of the molecule is CC(NC(=O)c1cc(Cl)cc(Br)c1)/C(N)=N/O. The van der Waals surface area contributed by atoms with Crippen LogP contribution in [0.25, 0.3) is 0 Å². The summed E-state index contributed by atoms with van der Waals surface area (Å²) >= 11 is 9.06. The van der Waals surface area contributed by atoms with Gasteiger partial charge in [0.05, 0.1) is 6.04 Å². The first-order valence-electron chi connectivity index (χ1n) is 4.68. The van der Waals surface area contributed by atoms with Crippen LogP contribution in [0.2, 0.25) is 5.02 Å². The minimum atomic E-state index is -0.565. The van der Waals surface area contributed by atoms with Crippen LogP contribution in [-0.2, 0) is 0 Å². The van der Waals surface area contributed by atoms with E-state index >= 15 is 0 Å². The van der Waals surface area contributed by atoms with Gasteiger partial charge in [0.15, 0.2) is 5.84 Å². The monoisotopic (exact) mass is 319 g/mol. The molecule has 0 heterocycles. The Balaban J connectivity index is 2.83. The summed E-state index contributed by atoms with van der Waals surface area (Å²) in [5.74, 6) is -0.424. The molecule has 1 aromatic rings. The molecule has 1 aromatic carbocycles. The number of amidine groups is 1. The van der Waals surface area contributed by atoms with Gasteiger partial charge in [-0.15, -0.1) is 0 Å². The van der Waals surface area contributed by atoms with Crippen LogP contribution < -0.4 is 11.1 Å². The van der Waals surface area contributed by atoms with Crippen LogP contribution in [0.4, 0.5) is 0 Å². The maximum Gasteiger partial charge on any atom is 0.251 e. The fraction of sp³-hybridized carbons (Fsp3) is 0.200. The van der Waals surface area contributed by atoms with Crippen LogP contribution in [0.1, 0.15) is 17.3 Å². The zero-order valence-corrected chi connectivity index (χ0v) is 11.3. The van der Waals surface area contributed by atoms with Crippen molar-refractivity contribution in [2.45, 2.75) is 13.0 Å². The maximum atomic E-state index is 11.8. The Hall–Kier alpha value is -1.27. The first kappa shape index (κ1) is 13.8. The molecule has 0 saturated heterocycles. The van der Waals surface area contributed by atoms with E-state index in [0.29, 0.717) is 15.1 Å². The van der Waals surface area contributed by atoms with Crippen LogP contribution in [0.15, 0.2) is 27.8 Å². The quantitative estimate of drug-likeness (QED) is 0.344. The second kappa shape index (κ2) is 5.88. The molecule has 0 aliphatic rings. The predicted octanol–water partition coefficient (Wildman–Crippen LogP) is 1.97. The first-order chi connectivity index (χ1) is 7.93. The topological polar surface area (TPSA) is 87.7 Å². The highest BCUT2D eigenvalue weighted by Crippen LogP contribution is 2.19. The van der Waals surface area contributed by atoms with Crippen LogP contribution >= 0.6 is 27.5 Å². The van der Waals surface area contributed by atoms with Gasteiger partial charge in [0.25, 0.3) is 5.91 Å². The number of halogens is 2. The fourth-order valence-corrected chi connectivity index (χ4v) is 1.99. The van der Waals surface area contributed by atoms with Gasteiger partial charge in [-0.1, -0.05) is 32.7 Å². The third-order valence-corrected chi connectivity index (χ3v) is 2.71. The van der Waals surface area contributed by atoms with E-state index in [9.17, 15) is 4.79 Å². The lowest BCUT2D eigenvalue weighted by atomic mass is 10.2. The van der Waals surface area contributed by atoms with Crippen molar-refractivity contribution in [3.05, 3.63) is 33.3 Å². The number of oxime groups is 1. The number of nitrogens with two attached hydrogens (primary N) is 1. The lowest BCUT2D eigenvalue weighted by Crippen LogP contribution is -2.42. The van der Waals surface area contributed by atoms with E-state index in [2.05, 4.69) is 26.4 Å². The van der Waals surface area contributed by atoms with Crippen molar-refractivity contribution in [3.63, 3.8) is 0 Å². The molecule has 0 aliphatic carbocycles. The summed E-state index contributed by atoms with van der Waals surface area (Å²) in [6.07, 6.45) is 0. The Morgan fingerprint density at radius 3 is 2.76 bits per heavy atom. The molecule has 0 aromatic heterocycles. The lowest BCUT2D eigenvalue weighted by Gasteiger charge is -2.12. The van der Waals surface area contributed by atoms with Crippen LogP contribution in [0.3, 0.4) is 0 Å². The van der Waals surface area contributed by atoms with Crippen molar-refractivity contribution < 1.29 is 10.0 Å². The predicted molar refractivity (Wildman–Crippen MR) is 69.5 cm³/mol. The Labute approximate surface area is 112 Å². The molecule has 0 saturated carbocycles. The molecule has 5 nitrogen and oxygen atoms in total. The molecule has 0 spiro atoms. The van der Waals surface area contributed by atoms with Crippen LogP contribution in [-0.4, -0.2) is 23.0 Å². The minimum Gasteiger partial charge on any atom is -0.409 e. The average molecular weight is 321 g/mol. The molecular formula is C10H11BrClN3O2. The van der Waals surface area contributed by atoms with E-state index in [0.717, 1.165) is 0 Å². The zero-order chi connectivity index (χ0) is 13.0. The molecule has 0 fully saturated rings. The smallest absolute Gasteiger partial charge is 0.251 e. The molecule has 1 unspecified atom stereocenters. The van der Waals surface area contributed by atoms with Crippen molar-refractivity contribution in [2.75, 3.05) is 0 Å². The van der Waals surface area contributed by atoms with E-state index in [1.807, 2.05) is 0 Å². The molecule has 92 valence electrons.